The number of barbiturate groups is 1. The summed E-state index contributed by atoms with van der Waals surface area (Å²) in [4.78, 5) is 36.3. The molecule has 0 radical (unpaired) electrons. The molecule has 2 rings (SSSR count). The molecule has 0 bridgehead atoms. The average Bonchev–Trinajstić information content (AvgIpc) is 2.37. The van der Waals surface area contributed by atoms with Crippen LogP contribution in [0, 0.1) is 5.92 Å². The van der Waals surface area contributed by atoms with Crippen molar-refractivity contribution in [1.29, 1.82) is 0 Å². The number of halogens is 1. The Morgan fingerprint density at radius 1 is 1.21 bits per heavy atom. The maximum Gasteiger partial charge on any atom is 0.330 e. The van der Waals surface area contributed by atoms with Crippen molar-refractivity contribution in [2.45, 2.75) is 13.3 Å². The Kier molecular flexibility index (Phi) is 3.85. The first-order valence-electron chi connectivity index (χ1n) is 5.93. The predicted octanol–water partition coefficient (Wildman–Crippen LogP) is 1.60. The van der Waals surface area contributed by atoms with Crippen LogP contribution in [0.4, 0.5) is 4.79 Å². The molecular formula is C13H13ClN2O3. The molecule has 0 saturated carbocycles. The lowest BCUT2D eigenvalue weighted by atomic mass is 9.95. The van der Waals surface area contributed by atoms with Gasteiger partial charge in [-0.25, -0.2) is 4.79 Å². The second-order valence-electron chi connectivity index (χ2n) is 4.26. The summed E-state index contributed by atoms with van der Waals surface area (Å²) in [6.45, 7) is 1.93. The number of carbonyl (C=O) groups excluding carboxylic acids is 3. The van der Waals surface area contributed by atoms with Gasteiger partial charge in [0.1, 0.15) is 5.92 Å². The lowest BCUT2D eigenvalue weighted by molar-refractivity contribution is -0.142. The minimum Gasteiger partial charge on any atom is -0.277 e. The van der Waals surface area contributed by atoms with E-state index in [0.717, 1.165) is 10.5 Å². The van der Waals surface area contributed by atoms with Crippen molar-refractivity contribution < 1.29 is 14.4 Å². The summed E-state index contributed by atoms with van der Waals surface area (Å²) in [5.41, 5.74) is 0.823. The SMILES string of the molecule is CCN1C(=O)NC(=O)C(Cc2ccc(Cl)cc2)C1=O. The topological polar surface area (TPSA) is 66.5 Å². The highest BCUT2D eigenvalue weighted by Gasteiger charge is 2.39. The van der Waals surface area contributed by atoms with Gasteiger partial charge in [-0.2, -0.15) is 0 Å². The van der Waals surface area contributed by atoms with Crippen LogP contribution < -0.4 is 5.32 Å². The van der Waals surface area contributed by atoms with Gasteiger partial charge in [0.15, 0.2) is 0 Å². The maximum atomic E-state index is 12.1. The van der Waals surface area contributed by atoms with Gasteiger partial charge in [0.2, 0.25) is 11.8 Å². The molecule has 4 amide bonds. The van der Waals surface area contributed by atoms with Crippen molar-refractivity contribution >= 4 is 29.4 Å². The van der Waals surface area contributed by atoms with E-state index in [1.807, 2.05) is 0 Å². The molecule has 1 N–H and O–H groups in total. The average molecular weight is 281 g/mol. The smallest absolute Gasteiger partial charge is 0.277 e. The Morgan fingerprint density at radius 2 is 1.84 bits per heavy atom. The Balaban J connectivity index is 2.18. The number of imide groups is 2. The first-order chi connectivity index (χ1) is 9.02. The molecule has 5 nitrogen and oxygen atoms in total. The zero-order valence-corrected chi connectivity index (χ0v) is 11.1. The maximum absolute atomic E-state index is 12.1. The molecule has 1 heterocycles. The van der Waals surface area contributed by atoms with Gasteiger partial charge in [-0.3, -0.25) is 19.8 Å². The molecule has 1 aromatic rings. The number of carbonyl (C=O) groups is 3. The van der Waals surface area contributed by atoms with Gasteiger partial charge in [0.25, 0.3) is 0 Å². The highest BCUT2D eigenvalue weighted by atomic mass is 35.5. The van der Waals surface area contributed by atoms with Crippen molar-refractivity contribution in [2.24, 2.45) is 5.92 Å². The van der Waals surface area contributed by atoms with Crippen molar-refractivity contribution in [1.82, 2.24) is 10.2 Å². The summed E-state index contributed by atoms with van der Waals surface area (Å²) in [6, 6.07) is 6.27. The lowest BCUT2D eigenvalue weighted by Crippen LogP contribution is -2.58. The van der Waals surface area contributed by atoms with Gasteiger partial charge in [0, 0.05) is 11.6 Å². The molecule has 6 heteroatoms. The van der Waals surface area contributed by atoms with Gasteiger partial charge in [-0.15, -0.1) is 0 Å². The van der Waals surface area contributed by atoms with Crippen LogP contribution >= 0.6 is 11.6 Å². The number of urea groups is 1. The van der Waals surface area contributed by atoms with Gasteiger partial charge in [0.05, 0.1) is 0 Å². The number of nitrogens with zero attached hydrogens (tertiary/aromatic N) is 1. The monoisotopic (exact) mass is 280 g/mol. The van der Waals surface area contributed by atoms with E-state index in [-0.39, 0.29) is 13.0 Å². The zero-order valence-electron chi connectivity index (χ0n) is 10.4. The third-order valence-corrected chi connectivity index (χ3v) is 3.28. The number of amides is 4. The molecule has 0 aliphatic carbocycles. The summed E-state index contributed by atoms with van der Waals surface area (Å²) in [6.07, 6.45) is 0.256. The normalized spacial score (nSPS) is 19.6. The first-order valence-corrected chi connectivity index (χ1v) is 6.31. The quantitative estimate of drug-likeness (QED) is 0.855. The fourth-order valence-corrected chi connectivity index (χ4v) is 2.12. The van der Waals surface area contributed by atoms with Gasteiger partial charge in [-0.05, 0) is 31.0 Å². The largest absolute Gasteiger partial charge is 0.330 e. The Morgan fingerprint density at radius 3 is 2.42 bits per heavy atom. The van der Waals surface area contributed by atoms with Gasteiger partial charge >= 0.3 is 6.03 Å². The van der Waals surface area contributed by atoms with E-state index >= 15 is 0 Å². The van der Waals surface area contributed by atoms with Crippen LogP contribution in [0.3, 0.4) is 0 Å². The number of benzene rings is 1. The highest BCUT2D eigenvalue weighted by molar-refractivity contribution is 6.30. The number of nitrogens with one attached hydrogen (secondary N) is 1. The molecule has 100 valence electrons. The molecule has 0 spiro atoms. The van der Waals surface area contributed by atoms with Crippen LogP contribution in [-0.4, -0.2) is 29.3 Å². The molecule has 1 unspecified atom stereocenters. The van der Waals surface area contributed by atoms with E-state index in [2.05, 4.69) is 5.32 Å². The Bertz CT molecular complexity index is 527. The van der Waals surface area contributed by atoms with Crippen molar-refractivity contribution in [2.75, 3.05) is 6.54 Å². The second kappa shape index (κ2) is 5.40. The summed E-state index contributed by atoms with van der Waals surface area (Å²) in [5, 5.41) is 2.78. The molecular weight excluding hydrogens is 268 g/mol. The fourth-order valence-electron chi connectivity index (χ4n) is 2.00. The van der Waals surface area contributed by atoms with E-state index in [0.29, 0.717) is 5.02 Å². The van der Waals surface area contributed by atoms with Crippen molar-refractivity contribution in [3.05, 3.63) is 34.9 Å². The number of rotatable bonds is 3. The standard InChI is InChI=1S/C13H13ClN2O3/c1-2-16-12(18)10(11(17)15-13(16)19)7-8-3-5-9(14)6-4-8/h3-6,10H,2,7H2,1H3,(H,15,17,19). The van der Waals surface area contributed by atoms with Gasteiger partial charge < -0.3 is 0 Å². The second-order valence-corrected chi connectivity index (χ2v) is 4.70. The minimum absolute atomic E-state index is 0.245. The molecule has 1 atom stereocenters. The first kappa shape index (κ1) is 13.5. The fraction of sp³-hybridized carbons (Fsp3) is 0.308. The van der Waals surface area contributed by atoms with Crippen LogP contribution in [0.25, 0.3) is 0 Å². The Hall–Kier alpha value is -1.88. The van der Waals surface area contributed by atoms with Crippen LogP contribution in [0.1, 0.15) is 12.5 Å². The summed E-state index contributed by atoms with van der Waals surface area (Å²) in [7, 11) is 0. The molecule has 1 saturated heterocycles. The van der Waals surface area contributed by atoms with Crippen molar-refractivity contribution in [3.63, 3.8) is 0 Å². The van der Waals surface area contributed by atoms with E-state index in [4.69, 9.17) is 11.6 Å². The zero-order chi connectivity index (χ0) is 14.0. The molecule has 1 aliphatic rings. The summed E-state index contributed by atoms with van der Waals surface area (Å²) < 4.78 is 0. The van der Waals surface area contributed by atoms with E-state index in [1.165, 1.54) is 0 Å². The molecule has 1 aromatic carbocycles. The highest BCUT2D eigenvalue weighted by Crippen LogP contribution is 2.18. The third kappa shape index (κ3) is 2.76. The van der Waals surface area contributed by atoms with E-state index in [1.54, 1.807) is 31.2 Å². The van der Waals surface area contributed by atoms with Crippen LogP contribution in [-0.2, 0) is 16.0 Å². The predicted molar refractivity (Wildman–Crippen MR) is 69.6 cm³/mol. The van der Waals surface area contributed by atoms with Gasteiger partial charge in [-0.1, -0.05) is 23.7 Å². The van der Waals surface area contributed by atoms with Crippen molar-refractivity contribution in [3.8, 4) is 0 Å². The minimum atomic E-state index is -0.862. The lowest BCUT2D eigenvalue weighted by Gasteiger charge is -2.29. The summed E-state index contributed by atoms with van der Waals surface area (Å²) in [5.74, 6) is -1.86. The number of hydrogen-bond donors (Lipinski definition) is 1. The van der Waals surface area contributed by atoms with Crippen LogP contribution in [0.5, 0.6) is 0 Å². The third-order valence-electron chi connectivity index (χ3n) is 3.03. The Labute approximate surface area is 115 Å². The molecule has 1 fully saturated rings. The van der Waals surface area contributed by atoms with E-state index in [9.17, 15) is 14.4 Å². The number of hydrogen-bond acceptors (Lipinski definition) is 3. The van der Waals surface area contributed by atoms with Crippen LogP contribution in [0.2, 0.25) is 5.02 Å². The van der Waals surface area contributed by atoms with Crippen LogP contribution in [0.15, 0.2) is 24.3 Å². The van der Waals surface area contributed by atoms with E-state index < -0.39 is 23.8 Å². The molecule has 19 heavy (non-hydrogen) atoms. The summed E-state index contributed by atoms with van der Waals surface area (Å²) >= 11 is 5.78. The molecule has 1 aliphatic heterocycles. The molecule has 0 aromatic heterocycles.